The Morgan fingerprint density at radius 3 is 2.32 bits per heavy atom. The van der Waals surface area contributed by atoms with Gasteiger partial charge in [-0.05, 0) is 88.2 Å². The Morgan fingerprint density at radius 2 is 1.68 bits per heavy atom. The summed E-state index contributed by atoms with van der Waals surface area (Å²) in [5.74, 6) is 0.151. The second-order valence-corrected chi connectivity index (χ2v) is 14.0. The van der Waals surface area contributed by atoms with Gasteiger partial charge >= 0.3 is 0 Å². The summed E-state index contributed by atoms with van der Waals surface area (Å²) in [4.78, 5) is 2.30. The Hall–Kier alpha value is -1.03. The van der Waals surface area contributed by atoms with Crippen LogP contribution in [0.25, 0.3) is 0 Å². The molecule has 1 heterocycles. The zero-order valence-electron chi connectivity index (χ0n) is 19.1. The molecule has 0 aromatic heterocycles. The highest BCUT2D eigenvalue weighted by atomic mass is 35.5. The summed E-state index contributed by atoms with van der Waals surface area (Å²) < 4.78 is 52.2. The van der Waals surface area contributed by atoms with Gasteiger partial charge in [0.2, 0.25) is 0 Å². The van der Waals surface area contributed by atoms with Crippen LogP contribution < -0.4 is 4.31 Å². The van der Waals surface area contributed by atoms with Crippen LogP contribution >= 0.6 is 34.8 Å². The second-order valence-electron chi connectivity index (χ2n) is 8.77. The maximum atomic E-state index is 13.7. The fourth-order valence-electron chi connectivity index (χ4n) is 4.41. The van der Waals surface area contributed by atoms with Crippen LogP contribution in [0.15, 0.2) is 47.4 Å². The van der Waals surface area contributed by atoms with Crippen molar-refractivity contribution in [1.29, 1.82) is 0 Å². The molecule has 2 unspecified atom stereocenters. The highest BCUT2D eigenvalue weighted by Gasteiger charge is 2.32. The van der Waals surface area contributed by atoms with Crippen molar-refractivity contribution in [2.24, 2.45) is 0 Å². The van der Waals surface area contributed by atoms with Gasteiger partial charge in [-0.25, -0.2) is 16.8 Å². The molecule has 0 saturated carbocycles. The van der Waals surface area contributed by atoms with Crippen LogP contribution in [0.3, 0.4) is 0 Å². The predicted molar refractivity (Wildman–Crippen MR) is 141 cm³/mol. The van der Waals surface area contributed by atoms with Crippen molar-refractivity contribution in [2.75, 3.05) is 29.4 Å². The third kappa shape index (κ3) is 7.02. The fraction of sp³-hybridized carbons (Fsp3) is 0.478. The van der Waals surface area contributed by atoms with Crippen molar-refractivity contribution < 1.29 is 16.8 Å². The Bertz CT molecular complexity index is 1210. The molecule has 6 nitrogen and oxygen atoms in total. The summed E-state index contributed by atoms with van der Waals surface area (Å²) >= 11 is 18.6. The molecule has 2 atom stereocenters. The number of benzene rings is 2. The SMILES string of the molecule is CC(CCCN1CCCC1CS(C)(=O)=O)N(c1cc(Cl)ccc1Cl)S(=O)(=O)c1ccc(Cl)cc1. The van der Waals surface area contributed by atoms with Crippen molar-refractivity contribution in [3.05, 3.63) is 57.5 Å². The van der Waals surface area contributed by atoms with Gasteiger partial charge in [-0.15, -0.1) is 0 Å². The van der Waals surface area contributed by atoms with Crippen LogP contribution in [0.1, 0.15) is 32.6 Å². The first-order valence-electron chi connectivity index (χ1n) is 11.1. The molecule has 0 bridgehead atoms. The Kier molecular flexibility index (Phi) is 9.20. The van der Waals surface area contributed by atoms with E-state index in [0.717, 1.165) is 19.4 Å². The van der Waals surface area contributed by atoms with E-state index in [1.165, 1.54) is 34.8 Å². The summed E-state index contributed by atoms with van der Waals surface area (Å²) in [5, 5.41) is 1.10. The number of sulfonamides is 1. The zero-order chi connectivity index (χ0) is 25.1. The first-order chi connectivity index (χ1) is 15.9. The average molecular weight is 568 g/mol. The lowest BCUT2D eigenvalue weighted by Crippen LogP contribution is -2.40. The van der Waals surface area contributed by atoms with Crippen molar-refractivity contribution in [3.63, 3.8) is 0 Å². The number of sulfone groups is 1. The summed E-state index contributed by atoms with van der Waals surface area (Å²) in [6, 6.07) is 10.3. The van der Waals surface area contributed by atoms with Gasteiger partial charge in [0.15, 0.2) is 0 Å². The standard InChI is InChI=1S/C23H29Cl3N2O4S2/c1-17(5-3-13-27-14-4-6-20(27)16-33(2,29)30)28(23-15-19(25)9-12-22(23)26)34(31,32)21-10-7-18(24)8-11-21/h7-12,15,17,20H,3-6,13-14,16H2,1-2H3. The molecule has 1 fully saturated rings. The van der Waals surface area contributed by atoms with E-state index in [1.54, 1.807) is 18.2 Å². The molecule has 0 amide bonds. The summed E-state index contributed by atoms with van der Waals surface area (Å²) in [6.07, 6.45) is 4.34. The minimum Gasteiger partial charge on any atom is -0.299 e. The van der Waals surface area contributed by atoms with Gasteiger partial charge in [-0.3, -0.25) is 9.21 Å². The molecule has 1 aliphatic rings. The lowest BCUT2D eigenvalue weighted by molar-refractivity contribution is 0.262. The van der Waals surface area contributed by atoms with Gasteiger partial charge in [-0.2, -0.15) is 0 Å². The second kappa shape index (κ2) is 11.4. The average Bonchev–Trinajstić information content (AvgIpc) is 3.16. The maximum absolute atomic E-state index is 13.7. The molecule has 0 aliphatic carbocycles. The van der Waals surface area contributed by atoms with Gasteiger partial charge in [0.05, 0.1) is 21.4 Å². The molecule has 0 spiro atoms. The number of likely N-dealkylation sites (tertiary alicyclic amines) is 1. The normalized spacial score (nSPS) is 18.2. The lowest BCUT2D eigenvalue weighted by Gasteiger charge is -2.32. The molecule has 1 saturated heterocycles. The van der Waals surface area contributed by atoms with E-state index >= 15 is 0 Å². The largest absolute Gasteiger partial charge is 0.299 e. The highest BCUT2D eigenvalue weighted by Crippen LogP contribution is 2.35. The van der Waals surface area contributed by atoms with Gasteiger partial charge in [0.25, 0.3) is 10.0 Å². The minimum atomic E-state index is -3.95. The van der Waals surface area contributed by atoms with Crippen LogP contribution in [-0.4, -0.2) is 58.9 Å². The molecule has 0 radical (unpaired) electrons. The highest BCUT2D eigenvalue weighted by molar-refractivity contribution is 7.93. The molecular formula is C23H29Cl3N2O4S2. The van der Waals surface area contributed by atoms with E-state index in [4.69, 9.17) is 34.8 Å². The third-order valence-corrected chi connectivity index (χ3v) is 9.72. The van der Waals surface area contributed by atoms with E-state index in [9.17, 15) is 16.8 Å². The zero-order valence-corrected chi connectivity index (χ0v) is 23.0. The molecule has 188 valence electrons. The van der Waals surface area contributed by atoms with E-state index in [0.29, 0.717) is 35.1 Å². The molecular weight excluding hydrogens is 539 g/mol. The molecule has 1 aliphatic heterocycles. The van der Waals surface area contributed by atoms with Gasteiger partial charge < -0.3 is 0 Å². The molecule has 3 rings (SSSR count). The van der Waals surface area contributed by atoms with Crippen molar-refractivity contribution in [1.82, 2.24) is 4.90 Å². The smallest absolute Gasteiger partial charge is 0.264 e. The Morgan fingerprint density at radius 1 is 1.03 bits per heavy atom. The fourth-order valence-corrected chi connectivity index (χ4v) is 7.74. The third-order valence-electron chi connectivity index (χ3n) is 5.98. The molecule has 2 aromatic rings. The van der Waals surface area contributed by atoms with E-state index in [-0.39, 0.29) is 21.7 Å². The quantitative estimate of drug-likeness (QED) is 0.378. The lowest BCUT2D eigenvalue weighted by atomic mass is 10.1. The molecule has 2 aromatic carbocycles. The number of nitrogens with zero attached hydrogens (tertiary/aromatic N) is 2. The van der Waals surface area contributed by atoms with Crippen molar-refractivity contribution >= 4 is 60.4 Å². The van der Waals surface area contributed by atoms with Gasteiger partial charge in [0.1, 0.15) is 9.84 Å². The first kappa shape index (κ1) is 27.6. The predicted octanol–water partition coefficient (Wildman–Crippen LogP) is 5.52. The molecule has 0 N–H and O–H groups in total. The minimum absolute atomic E-state index is 0.0154. The van der Waals surface area contributed by atoms with Crippen LogP contribution in [0.2, 0.25) is 15.1 Å². The monoisotopic (exact) mass is 566 g/mol. The van der Waals surface area contributed by atoms with E-state index < -0.39 is 25.9 Å². The first-order valence-corrected chi connectivity index (χ1v) is 15.7. The van der Waals surface area contributed by atoms with E-state index in [1.807, 2.05) is 6.92 Å². The number of halogens is 3. The van der Waals surface area contributed by atoms with Crippen LogP contribution in [-0.2, 0) is 19.9 Å². The summed E-state index contributed by atoms with van der Waals surface area (Å²) in [5.41, 5.74) is 0.313. The topological polar surface area (TPSA) is 74.8 Å². The maximum Gasteiger partial charge on any atom is 0.264 e. The van der Waals surface area contributed by atoms with E-state index in [2.05, 4.69) is 4.90 Å². The molecule has 34 heavy (non-hydrogen) atoms. The Balaban J connectivity index is 1.82. The molecule has 11 heteroatoms. The summed E-state index contributed by atoms with van der Waals surface area (Å²) in [6.45, 7) is 3.38. The van der Waals surface area contributed by atoms with Gasteiger partial charge in [-0.1, -0.05) is 34.8 Å². The Labute approximate surface area is 217 Å². The van der Waals surface area contributed by atoms with Crippen molar-refractivity contribution in [3.8, 4) is 0 Å². The van der Waals surface area contributed by atoms with Crippen molar-refractivity contribution in [2.45, 2.75) is 49.6 Å². The number of hydrogen-bond donors (Lipinski definition) is 0. The van der Waals surface area contributed by atoms with Gasteiger partial charge in [0, 0.05) is 28.4 Å². The number of rotatable bonds is 10. The van der Waals surface area contributed by atoms with Crippen LogP contribution in [0.5, 0.6) is 0 Å². The number of anilines is 1. The number of hydrogen-bond acceptors (Lipinski definition) is 5. The summed E-state index contributed by atoms with van der Waals surface area (Å²) in [7, 11) is -7.01. The van der Waals surface area contributed by atoms with Crippen LogP contribution in [0, 0.1) is 0 Å². The van der Waals surface area contributed by atoms with Crippen LogP contribution in [0.4, 0.5) is 5.69 Å².